The summed E-state index contributed by atoms with van der Waals surface area (Å²) in [6, 6.07) is 0. The van der Waals surface area contributed by atoms with Crippen molar-refractivity contribution in [3.63, 3.8) is 0 Å². The quantitative estimate of drug-likeness (QED) is 0.591. The standard InChI is InChI=1S/C26H40N2O4S/c1-25(30)8-6-17-15(11-25)4-5-19-18(17)7-9-26(2)23(19)20-10-21(20)24(26)22(29)14-28-13-16(12-27)33(3,31)32/h12-13,15,17-21,23-24,30H,4-11,14,27H2,1-3H3. The van der Waals surface area contributed by atoms with Gasteiger partial charge in [-0.15, -0.1) is 0 Å². The van der Waals surface area contributed by atoms with Crippen molar-refractivity contribution in [3.05, 3.63) is 11.1 Å². The van der Waals surface area contributed by atoms with Gasteiger partial charge in [0.05, 0.1) is 17.1 Å². The van der Waals surface area contributed by atoms with Gasteiger partial charge in [0.25, 0.3) is 0 Å². The fraction of sp³-hybridized carbons (Fsp3) is 0.846. The Bertz CT molecular complexity index is 986. The maximum absolute atomic E-state index is 13.4. The van der Waals surface area contributed by atoms with Crippen LogP contribution in [0.25, 0.3) is 0 Å². The largest absolute Gasteiger partial charge is 0.404 e. The number of sulfone groups is 1. The second kappa shape index (κ2) is 7.91. The molecular formula is C26H40N2O4S. The minimum absolute atomic E-state index is 0.0386. The second-order valence-corrected chi connectivity index (χ2v) is 14.5. The summed E-state index contributed by atoms with van der Waals surface area (Å²) >= 11 is 0. The number of nitrogens with two attached hydrogens (primary N) is 1. The lowest BCUT2D eigenvalue weighted by Crippen LogP contribution is -2.52. The van der Waals surface area contributed by atoms with E-state index < -0.39 is 15.4 Å². The summed E-state index contributed by atoms with van der Waals surface area (Å²) in [7, 11) is -3.44. The van der Waals surface area contributed by atoms with E-state index in [1.54, 1.807) is 0 Å². The zero-order chi connectivity index (χ0) is 23.8. The van der Waals surface area contributed by atoms with Crippen LogP contribution in [0.2, 0.25) is 0 Å². The molecule has 3 N–H and O–H groups in total. The summed E-state index contributed by atoms with van der Waals surface area (Å²) in [4.78, 5) is 17.5. The van der Waals surface area contributed by atoms with E-state index in [2.05, 4.69) is 11.9 Å². The van der Waals surface area contributed by atoms with Crippen LogP contribution in [-0.2, 0) is 14.6 Å². The van der Waals surface area contributed by atoms with Gasteiger partial charge < -0.3 is 10.8 Å². The number of nitrogens with zero attached hydrogens (tertiary/aromatic N) is 1. The SMILES string of the molecule is CC1(O)CCC2C(CCC3C2CCC2(C)C(C(=O)CN=CC(=CN)S(C)(=O)=O)C4CC4C32)C1. The maximum Gasteiger partial charge on any atom is 0.178 e. The van der Waals surface area contributed by atoms with Gasteiger partial charge in [-0.2, -0.15) is 0 Å². The van der Waals surface area contributed by atoms with E-state index in [1.165, 1.54) is 31.9 Å². The Labute approximate surface area is 198 Å². The molecule has 0 amide bonds. The Hall–Kier alpha value is -1.21. The Morgan fingerprint density at radius 1 is 1.06 bits per heavy atom. The van der Waals surface area contributed by atoms with Crippen LogP contribution in [0.15, 0.2) is 16.1 Å². The highest BCUT2D eigenvalue weighted by Gasteiger charge is 2.70. The molecule has 0 radical (unpaired) electrons. The first-order valence-electron chi connectivity index (χ1n) is 12.8. The molecule has 5 saturated carbocycles. The molecule has 10 unspecified atom stereocenters. The molecular weight excluding hydrogens is 436 g/mol. The first kappa shape index (κ1) is 23.5. The van der Waals surface area contributed by atoms with Gasteiger partial charge in [0.15, 0.2) is 15.6 Å². The molecule has 5 rings (SSSR count). The molecule has 0 spiro atoms. The number of aliphatic hydroxyl groups is 1. The molecule has 7 heteroatoms. The number of Topliss-reactive ketones (excluding diaryl/α,β-unsaturated/α-hetero) is 1. The number of aliphatic imine (C=N–C) groups is 1. The summed E-state index contributed by atoms with van der Waals surface area (Å²) in [6.45, 7) is 4.42. The minimum Gasteiger partial charge on any atom is -0.404 e. The monoisotopic (exact) mass is 476 g/mol. The first-order chi connectivity index (χ1) is 15.5. The Morgan fingerprint density at radius 2 is 1.79 bits per heavy atom. The number of fused-ring (bicyclic) bond motifs is 7. The highest BCUT2D eigenvalue weighted by Crippen LogP contribution is 2.74. The fourth-order valence-electron chi connectivity index (χ4n) is 9.24. The Kier molecular flexibility index (Phi) is 5.64. The highest BCUT2D eigenvalue weighted by molar-refractivity contribution is 7.95. The van der Waals surface area contributed by atoms with E-state index in [0.717, 1.165) is 55.9 Å². The number of carbonyl (C=O) groups excluding carboxylic acids is 1. The third-order valence-corrected chi connectivity index (χ3v) is 11.5. The molecule has 0 heterocycles. The van der Waals surface area contributed by atoms with Gasteiger partial charge in [-0.1, -0.05) is 6.92 Å². The van der Waals surface area contributed by atoms with Crippen LogP contribution in [0.4, 0.5) is 0 Å². The molecule has 0 aromatic rings. The van der Waals surface area contributed by atoms with Gasteiger partial charge in [-0.3, -0.25) is 9.79 Å². The van der Waals surface area contributed by atoms with Crippen LogP contribution in [-0.4, -0.2) is 43.9 Å². The molecule has 0 aliphatic heterocycles. The van der Waals surface area contributed by atoms with Crippen molar-refractivity contribution < 1.29 is 18.3 Å². The summed E-state index contributed by atoms with van der Waals surface area (Å²) in [5.41, 5.74) is 4.99. The van der Waals surface area contributed by atoms with E-state index in [4.69, 9.17) is 5.73 Å². The van der Waals surface area contributed by atoms with Crippen molar-refractivity contribution in [2.24, 2.45) is 63.5 Å². The Morgan fingerprint density at radius 3 is 2.48 bits per heavy atom. The van der Waals surface area contributed by atoms with Crippen LogP contribution >= 0.6 is 0 Å². The smallest absolute Gasteiger partial charge is 0.178 e. The van der Waals surface area contributed by atoms with Gasteiger partial charge in [0.1, 0.15) is 0 Å². The lowest BCUT2D eigenvalue weighted by molar-refractivity contribution is -0.134. The molecule has 5 fully saturated rings. The lowest BCUT2D eigenvalue weighted by atomic mass is 9.48. The molecule has 6 nitrogen and oxygen atoms in total. The van der Waals surface area contributed by atoms with Crippen molar-refractivity contribution >= 4 is 21.8 Å². The van der Waals surface area contributed by atoms with Crippen molar-refractivity contribution in [1.29, 1.82) is 0 Å². The molecule has 0 saturated heterocycles. The zero-order valence-corrected chi connectivity index (χ0v) is 21.1. The molecule has 0 bridgehead atoms. The van der Waals surface area contributed by atoms with Gasteiger partial charge in [-0.25, -0.2) is 8.42 Å². The van der Waals surface area contributed by atoms with Gasteiger partial charge >= 0.3 is 0 Å². The first-order valence-corrected chi connectivity index (χ1v) is 14.7. The summed E-state index contributed by atoms with van der Waals surface area (Å²) in [6.07, 6.45) is 12.4. The van der Waals surface area contributed by atoms with Crippen LogP contribution in [0.1, 0.15) is 65.2 Å². The molecule has 10 atom stereocenters. The normalized spacial score (nSPS) is 49.2. The van der Waals surface area contributed by atoms with Gasteiger partial charge in [-0.05, 0) is 105 Å². The van der Waals surface area contributed by atoms with E-state index in [1.807, 2.05) is 6.92 Å². The number of ketones is 1. The van der Waals surface area contributed by atoms with Crippen LogP contribution in [0.5, 0.6) is 0 Å². The topological polar surface area (TPSA) is 110 Å². The molecule has 5 aliphatic rings. The summed E-state index contributed by atoms with van der Waals surface area (Å²) < 4.78 is 23.4. The van der Waals surface area contributed by atoms with Gasteiger partial charge in [0, 0.05) is 24.6 Å². The number of carbonyl (C=O) groups is 1. The van der Waals surface area contributed by atoms with Crippen LogP contribution in [0, 0.1) is 52.8 Å². The van der Waals surface area contributed by atoms with Crippen LogP contribution < -0.4 is 5.73 Å². The third-order valence-electron chi connectivity index (χ3n) is 10.4. The van der Waals surface area contributed by atoms with E-state index in [-0.39, 0.29) is 28.6 Å². The molecule has 0 aromatic carbocycles. The number of hydrogen-bond acceptors (Lipinski definition) is 6. The van der Waals surface area contributed by atoms with E-state index >= 15 is 0 Å². The average Bonchev–Trinajstić information content (AvgIpc) is 3.42. The summed E-state index contributed by atoms with van der Waals surface area (Å²) in [5, 5.41) is 10.6. The minimum atomic E-state index is -3.44. The lowest BCUT2D eigenvalue weighted by Gasteiger charge is -2.57. The van der Waals surface area contributed by atoms with E-state index in [9.17, 15) is 18.3 Å². The number of hydrogen-bond donors (Lipinski definition) is 2. The average molecular weight is 477 g/mol. The number of rotatable bonds is 5. The molecule has 0 aromatic heterocycles. The second-order valence-electron chi connectivity index (χ2n) is 12.5. The third kappa shape index (κ3) is 3.91. The predicted molar refractivity (Wildman–Crippen MR) is 129 cm³/mol. The van der Waals surface area contributed by atoms with Crippen molar-refractivity contribution in [2.45, 2.75) is 70.8 Å². The van der Waals surface area contributed by atoms with Crippen LogP contribution in [0.3, 0.4) is 0 Å². The molecule has 5 aliphatic carbocycles. The number of allylic oxidation sites excluding steroid dienone is 1. The Balaban J connectivity index is 1.31. The highest BCUT2D eigenvalue weighted by atomic mass is 32.2. The van der Waals surface area contributed by atoms with Gasteiger partial charge in [0.2, 0.25) is 0 Å². The van der Waals surface area contributed by atoms with Crippen molar-refractivity contribution in [2.75, 3.05) is 12.8 Å². The van der Waals surface area contributed by atoms with Crippen molar-refractivity contribution in [3.8, 4) is 0 Å². The molecule has 33 heavy (non-hydrogen) atoms. The fourth-order valence-corrected chi connectivity index (χ4v) is 9.75. The molecule has 184 valence electrons. The maximum atomic E-state index is 13.4. The predicted octanol–water partition coefficient (Wildman–Crippen LogP) is 3.35. The zero-order valence-electron chi connectivity index (χ0n) is 20.2. The van der Waals surface area contributed by atoms with E-state index in [0.29, 0.717) is 23.7 Å². The summed E-state index contributed by atoms with van der Waals surface area (Å²) in [5.74, 6) is 4.95. The van der Waals surface area contributed by atoms with Crippen molar-refractivity contribution in [1.82, 2.24) is 0 Å².